The van der Waals surface area contributed by atoms with Gasteiger partial charge < -0.3 is 20.0 Å². The number of carbonyl (C=O) groups excluding carboxylic acids is 3. The predicted octanol–water partition coefficient (Wildman–Crippen LogP) is 1.84. The van der Waals surface area contributed by atoms with Crippen LogP contribution < -0.4 is 5.32 Å². The third kappa shape index (κ3) is 3.95. The van der Waals surface area contributed by atoms with Crippen molar-refractivity contribution >= 4 is 34.2 Å². The molecule has 7 nitrogen and oxygen atoms in total. The van der Waals surface area contributed by atoms with Crippen LogP contribution in [0.4, 0.5) is 9.80 Å². The van der Waals surface area contributed by atoms with Crippen molar-refractivity contribution in [2.45, 2.75) is 19.8 Å². The van der Waals surface area contributed by atoms with Gasteiger partial charge in [-0.1, -0.05) is 0 Å². The number of nitrogens with zero attached hydrogens (tertiary/aromatic N) is 3. The van der Waals surface area contributed by atoms with Crippen molar-refractivity contribution in [3.05, 3.63) is 16.5 Å². The Bertz CT molecular complexity index is 688. The maximum atomic E-state index is 12.8. The first-order chi connectivity index (χ1) is 11.9. The maximum Gasteiger partial charge on any atom is 0.319 e. The van der Waals surface area contributed by atoms with Crippen LogP contribution in [0.5, 0.6) is 0 Å². The molecule has 1 N–H and O–H groups in total. The van der Waals surface area contributed by atoms with E-state index in [0.717, 1.165) is 23.4 Å². The van der Waals surface area contributed by atoms with E-state index in [9.17, 15) is 14.4 Å². The van der Waals surface area contributed by atoms with Crippen LogP contribution in [-0.2, 0) is 4.79 Å². The topological polar surface area (TPSA) is 73.0 Å². The number of nitrogens with one attached hydrogen (secondary N) is 1. The molecule has 1 saturated heterocycles. The number of hydrogen-bond acceptors (Lipinski definition) is 4. The molecule has 2 heterocycles. The van der Waals surface area contributed by atoms with Crippen molar-refractivity contribution < 1.29 is 14.4 Å². The molecule has 1 aliphatic carbocycles. The van der Waals surface area contributed by atoms with Gasteiger partial charge in [-0.3, -0.25) is 9.59 Å². The third-order valence-corrected chi connectivity index (χ3v) is 5.67. The molecule has 136 valence electrons. The van der Waals surface area contributed by atoms with Crippen LogP contribution in [0, 0.1) is 12.8 Å². The Morgan fingerprint density at radius 2 is 1.72 bits per heavy atom. The highest BCUT2D eigenvalue weighted by atomic mass is 32.1. The van der Waals surface area contributed by atoms with Crippen molar-refractivity contribution in [1.82, 2.24) is 14.7 Å². The van der Waals surface area contributed by atoms with E-state index in [1.54, 1.807) is 28.8 Å². The van der Waals surface area contributed by atoms with Crippen molar-refractivity contribution in [2.24, 2.45) is 5.92 Å². The van der Waals surface area contributed by atoms with Gasteiger partial charge in [-0.15, -0.1) is 11.3 Å². The molecule has 0 radical (unpaired) electrons. The molecular weight excluding hydrogens is 340 g/mol. The Labute approximate surface area is 151 Å². The second-order valence-corrected chi connectivity index (χ2v) is 7.89. The van der Waals surface area contributed by atoms with Gasteiger partial charge >= 0.3 is 6.03 Å². The number of amides is 4. The second-order valence-electron chi connectivity index (χ2n) is 6.84. The minimum atomic E-state index is -0.0236. The average molecular weight is 364 g/mol. The van der Waals surface area contributed by atoms with Gasteiger partial charge in [-0.05, 0) is 31.4 Å². The summed E-state index contributed by atoms with van der Waals surface area (Å²) in [4.78, 5) is 42.4. The number of rotatable bonds is 3. The molecule has 1 aromatic heterocycles. The maximum absolute atomic E-state index is 12.8. The Hall–Kier alpha value is -2.09. The highest BCUT2D eigenvalue weighted by Crippen LogP contribution is 2.33. The highest BCUT2D eigenvalue weighted by molar-refractivity contribution is 7.18. The highest BCUT2D eigenvalue weighted by Gasteiger charge is 2.31. The molecule has 2 aliphatic rings. The van der Waals surface area contributed by atoms with E-state index in [1.165, 1.54) is 11.3 Å². The van der Waals surface area contributed by atoms with Crippen LogP contribution in [0.2, 0.25) is 0 Å². The SMILES string of the molecule is Cc1cc(NC(=O)C2CC2)sc1C(=O)N1CCN(C(=O)N(C)C)CC1. The lowest BCUT2D eigenvalue weighted by Gasteiger charge is -2.35. The van der Waals surface area contributed by atoms with E-state index >= 15 is 0 Å². The number of anilines is 1. The molecule has 1 aliphatic heterocycles. The number of aryl methyl sites for hydroxylation is 1. The minimum absolute atomic E-state index is 0.0219. The molecule has 4 amide bonds. The van der Waals surface area contributed by atoms with Crippen LogP contribution in [-0.4, -0.2) is 72.8 Å². The summed E-state index contributed by atoms with van der Waals surface area (Å²) in [6.45, 7) is 4.03. The van der Waals surface area contributed by atoms with Crippen molar-refractivity contribution in [1.29, 1.82) is 0 Å². The molecule has 0 atom stereocenters. The lowest BCUT2D eigenvalue weighted by Crippen LogP contribution is -2.52. The van der Waals surface area contributed by atoms with Gasteiger partial charge in [0.25, 0.3) is 5.91 Å². The van der Waals surface area contributed by atoms with Gasteiger partial charge in [0.05, 0.1) is 9.88 Å². The smallest absolute Gasteiger partial charge is 0.319 e. The fraction of sp³-hybridized carbons (Fsp3) is 0.588. The van der Waals surface area contributed by atoms with E-state index in [0.29, 0.717) is 31.1 Å². The summed E-state index contributed by atoms with van der Waals surface area (Å²) in [6, 6.07) is 1.84. The summed E-state index contributed by atoms with van der Waals surface area (Å²) in [5, 5.41) is 3.64. The first-order valence-electron chi connectivity index (χ1n) is 8.53. The van der Waals surface area contributed by atoms with Gasteiger partial charge in [-0.25, -0.2) is 4.79 Å². The zero-order chi connectivity index (χ0) is 18.1. The fourth-order valence-electron chi connectivity index (χ4n) is 2.85. The molecule has 0 unspecified atom stereocenters. The van der Waals surface area contributed by atoms with E-state index in [-0.39, 0.29) is 23.8 Å². The largest absolute Gasteiger partial charge is 0.334 e. The molecule has 25 heavy (non-hydrogen) atoms. The van der Waals surface area contributed by atoms with E-state index < -0.39 is 0 Å². The summed E-state index contributed by atoms with van der Waals surface area (Å²) in [6.07, 6.45) is 1.91. The van der Waals surface area contributed by atoms with E-state index in [1.807, 2.05) is 13.0 Å². The Morgan fingerprint density at radius 3 is 2.28 bits per heavy atom. The fourth-order valence-corrected chi connectivity index (χ4v) is 3.90. The molecule has 0 spiro atoms. The van der Waals surface area contributed by atoms with Crippen LogP contribution in [0.25, 0.3) is 0 Å². The normalized spacial score (nSPS) is 17.4. The third-order valence-electron chi connectivity index (χ3n) is 4.53. The van der Waals surface area contributed by atoms with Crippen LogP contribution in [0.1, 0.15) is 28.1 Å². The van der Waals surface area contributed by atoms with Crippen molar-refractivity contribution in [3.8, 4) is 0 Å². The molecule has 1 aromatic rings. The zero-order valence-corrected chi connectivity index (χ0v) is 15.7. The molecule has 0 bridgehead atoms. The van der Waals surface area contributed by atoms with Gasteiger partial charge in [-0.2, -0.15) is 0 Å². The Balaban J connectivity index is 1.61. The summed E-state index contributed by atoms with van der Waals surface area (Å²) in [5.74, 6) is 0.173. The summed E-state index contributed by atoms with van der Waals surface area (Å²) in [7, 11) is 3.46. The predicted molar refractivity (Wildman–Crippen MR) is 97.0 cm³/mol. The quantitative estimate of drug-likeness (QED) is 0.889. The summed E-state index contributed by atoms with van der Waals surface area (Å²) < 4.78 is 0. The standard InChI is InChI=1S/C17H24N4O3S/c1-11-10-13(18-15(22)12-4-5-12)25-14(11)16(23)20-6-8-21(9-7-20)17(24)19(2)3/h10,12H,4-9H2,1-3H3,(H,18,22). The Kier molecular flexibility index (Phi) is 4.99. The van der Waals surface area contributed by atoms with E-state index in [2.05, 4.69) is 5.32 Å². The number of thiophene rings is 1. The lowest BCUT2D eigenvalue weighted by molar-refractivity contribution is -0.117. The van der Waals surface area contributed by atoms with Crippen molar-refractivity contribution in [3.63, 3.8) is 0 Å². The van der Waals surface area contributed by atoms with Gasteiger partial charge in [0, 0.05) is 46.2 Å². The molecule has 0 aromatic carbocycles. The molecule has 8 heteroatoms. The lowest BCUT2D eigenvalue weighted by atomic mass is 10.2. The first kappa shape index (κ1) is 17.7. The molecule has 1 saturated carbocycles. The average Bonchev–Trinajstić information content (AvgIpc) is 3.38. The van der Waals surface area contributed by atoms with Gasteiger partial charge in [0.1, 0.15) is 0 Å². The second kappa shape index (κ2) is 7.03. The van der Waals surface area contributed by atoms with E-state index in [4.69, 9.17) is 0 Å². The number of urea groups is 1. The first-order valence-corrected chi connectivity index (χ1v) is 9.35. The molecule has 2 fully saturated rings. The number of hydrogen-bond donors (Lipinski definition) is 1. The minimum Gasteiger partial charge on any atom is -0.334 e. The molecular formula is C17H24N4O3S. The van der Waals surface area contributed by atoms with Crippen LogP contribution in [0.15, 0.2) is 6.07 Å². The molecule has 3 rings (SSSR count). The van der Waals surface area contributed by atoms with Crippen molar-refractivity contribution in [2.75, 3.05) is 45.6 Å². The Morgan fingerprint density at radius 1 is 1.12 bits per heavy atom. The van der Waals surface area contributed by atoms with Crippen LogP contribution in [0.3, 0.4) is 0 Å². The number of carbonyl (C=O) groups is 3. The number of piperazine rings is 1. The zero-order valence-electron chi connectivity index (χ0n) is 14.9. The van der Waals surface area contributed by atoms with Crippen LogP contribution >= 0.6 is 11.3 Å². The van der Waals surface area contributed by atoms with Gasteiger partial charge in [0.15, 0.2) is 0 Å². The summed E-state index contributed by atoms with van der Waals surface area (Å²) >= 11 is 1.33. The van der Waals surface area contributed by atoms with Gasteiger partial charge in [0.2, 0.25) is 5.91 Å². The monoisotopic (exact) mass is 364 g/mol. The summed E-state index contributed by atoms with van der Waals surface area (Å²) in [5.41, 5.74) is 0.882.